The third kappa shape index (κ3) is 3.05. The highest BCUT2D eigenvalue weighted by Gasteiger charge is 2.22. The van der Waals surface area contributed by atoms with Gasteiger partial charge in [0.2, 0.25) is 11.8 Å². The number of carbonyl (C=O) groups excluding carboxylic acids is 1. The van der Waals surface area contributed by atoms with Crippen LogP contribution in [0.4, 0.5) is 6.01 Å². The summed E-state index contributed by atoms with van der Waals surface area (Å²) in [7, 11) is 0. The fourth-order valence-electron chi connectivity index (χ4n) is 2.05. The zero-order valence-electron chi connectivity index (χ0n) is 10.4. The molecule has 0 bridgehead atoms. The van der Waals surface area contributed by atoms with Crippen LogP contribution in [0, 0.1) is 5.92 Å². The zero-order chi connectivity index (χ0) is 12.3. The van der Waals surface area contributed by atoms with Crippen LogP contribution in [0.3, 0.4) is 0 Å². The highest BCUT2D eigenvalue weighted by Crippen LogP contribution is 2.32. The van der Waals surface area contributed by atoms with Gasteiger partial charge in [0.25, 0.3) is 0 Å². The van der Waals surface area contributed by atoms with Crippen LogP contribution in [0.5, 0.6) is 0 Å². The molecule has 1 fully saturated rings. The van der Waals surface area contributed by atoms with Gasteiger partial charge in [-0.05, 0) is 12.8 Å². The molecular formula is C12H19N3O2. The second kappa shape index (κ2) is 5.29. The van der Waals surface area contributed by atoms with Crippen LogP contribution in [0.15, 0.2) is 4.42 Å². The molecule has 1 aromatic heterocycles. The number of nitrogens with zero attached hydrogens (tertiary/aromatic N) is 2. The molecule has 0 saturated heterocycles. The topological polar surface area (TPSA) is 68.0 Å². The van der Waals surface area contributed by atoms with E-state index in [9.17, 15) is 4.79 Å². The number of aromatic nitrogens is 2. The molecule has 17 heavy (non-hydrogen) atoms. The fraction of sp³-hybridized carbons (Fsp3) is 0.750. The highest BCUT2D eigenvalue weighted by atomic mass is 16.4. The number of carbonyl (C=O) groups is 1. The van der Waals surface area contributed by atoms with E-state index in [1.807, 2.05) is 13.8 Å². The number of hydrogen-bond acceptors (Lipinski definition) is 4. The van der Waals surface area contributed by atoms with E-state index >= 15 is 0 Å². The molecule has 1 aromatic rings. The minimum Gasteiger partial charge on any atom is -0.408 e. The van der Waals surface area contributed by atoms with Crippen LogP contribution in [-0.2, 0) is 4.79 Å². The first-order chi connectivity index (χ1) is 8.16. The summed E-state index contributed by atoms with van der Waals surface area (Å²) in [5, 5.41) is 10.5. The van der Waals surface area contributed by atoms with E-state index in [2.05, 4.69) is 15.5 Å². The zero-order valence-corrected chi connectivity index (χ0v) is 10.4. The summed E-state index contributed by atoms with van der Waals surface area (Å²) < 4.78 is 5.49. The number of rotatable bonds is 3. The van der Waals surface area contributed by atoms with Crippen molar-refractivity contribution in [1.82, 2.24) is 10.2 Å². The summed E-state index contributed by atoms with van der Waals surface area (Å²) in [4.78, 5) is 11.5. The first kappa shape index (κ1) is 12.1. The molecule has 0 atom stereocenters. The van der Waals surface area contributed by atoms with Gasteiger partial charge in [0.1, 0.15) is 0 Å². The summed E-state index contributed by atoms with van der Waals surface area (Å²) in [6.07, 6.45) is 5.96. The lowest BCUT2D eigenvalue weighted by Crippen LogP contribution is -2.17. The predicted octanol–water partition coefficient (Wildman–Crippen LogP) is 2.71. The maximum Gasteiger partial charge on any atom is 0.322 e. The summed E-state index contributed by atoms with van der Waals surface area (Å²) in [5.74, 6) is 0.869. The summed E-state index contributed by atoms with van der Waals surface area (Å²) in [6.45, 7) is 3.65. The quantitative estimate of drug-likeness (QED) is 0.877. The Morgan fingerprint density at radius 1 is 1.29 bits per heavy atom. The van der Waals surface area contributed by atoms with Crippen LogP contribution in [0.1, 0.15) is 57.8 Å². The third-order valence-corrected chi connectivity index (χ3v) is 3.15. The van der Waals surface area contributed by atoms with Gasteiger partial charge in [0.15, 0.2) is 0 Å². The lowest BCUT2D eigenvalue weighted by Gasteiger charge is -2.17. The van der Waals surface area contributed by atoms with Gasteiger partial charge in [-0.25, -0.2) is 0 Å². The van der Waals surface area contributed by atoms with Gasteiger partial charge in [-0.2, -0.15) is 0 Å². The number of nitrogens with one attached hydrogen (secondary N) is 1. The number of hydrogen-bond donors (Lipinski definition) is 1. The molecule has 0 aliphatic heterocycles. The molecular weight excluding hydrogens is 218 g/mol. The van der Waals surface area contributed by atoms with E-state index in [-0.39, 0.29) is 17.8 Å². The molecule has 1 N–H and O–H groups in total. The third-order valence-electron chi connectivity index (χ3n) is 3.15. The van der Waals surface area contributed by atoms with E-state index in [1.54, 1.807) is 0 Å². The van der Waals surface area contributed by atoms with Crippen molar-refractivity contribution >= 4 is 11.9 Å². The van der Waals surface area contributed by atoms with Crippen molar-refractivity contribution < 1.29 is 9.21 Å². The monoisotopic (exact) mass is 237 g/mol. The molecule has 0 spiro atoms. The lowest BCUT2D eigenvalue weighted by molar-refractivity contribution is -0.119. The average molecular weight is 237 g/mol. The number of amides is 1. The minimum atomic E-state index is -0.0937. The van der Waals surface area contributed by atoms with Gasteiger partial charge >= 0.3 is 6.01 Å². The minimum absolute atomic E-state index is 0.0833. The van der Waals surface area contributed by atoms with Crippen molar-refractivity contribution in [3.63, 3.8) is 0 Å². The number of anilines is 1. The molecule has 1 aliphatic carbocycles. The molecule has 5 heteroatoms. The van der Waals surface area contributed by atoms with E-state index in [0.29, 0.717) is 11.8 Å². The Bertz CT molecular complexity index is 381. The van der Waals surface area contributed by atoms with Crippen molar-refractivity contribution in [1.29, 1.82) is 0 Å². The molecule has 94 valence electrons. The molecule has 0 aromatic carbocycles. The van der Waals surface area contributed by atoms with E-state index in [1.165, 1.54) is 19.3 Å². The molecule has 1 heterocycles. The molecule has 0 unspecified atom stereocenters. The Hall–Kier alpha value is -1.39. The van der Waals surface area contributed by atoms with Crippen molar-refractivity contribution in [2.45, 2.75) is 51.9 Å². The smallest absolute Gasteiger partial charge is 0.322 e. The van der Waals surface area contributed by atoms with Crippen molar-refractivity contribution in [3.05, 3.63) is 5.89 Å². The van der Waals surface area contributed by atoms with Gasteiger partial charge in [0.05, 0.1) is 0 Å². The SMILES string of the molecule is CC(C)C(=O)Nc1nnc(C2CCCCC2)o1. The van der Waals surface area contributed by atoms with Crippen LogP contribution in [-0.4, -0.2) is 16.1 Å². The van der Waals surface area contributed by atoms with Crippen LogP contribution < -0.4 is 5.32 Å². The van der Waals surface area contributed by atoms with Crippen LogP contribution in [0.25, 0.3) is 0 Å². The van der Waals surface area contributed by atoms with Crippen LogP contribution in [0.2, 0.25) is 0 Å². The molecule has 1 amide bonds. The average Bonchev–Trinajstić information content (AvgIpc) is 2.78. The Kier molecular flexibility index (Phi) is 3.76. The largest absolute Gasteiger partial charge is 0.408 e. The first-order valence-corrected chi connectivity index (χ1v) is 6.31. The Morgan fingerprint density at radius 3 is 2.65 bits per heavy atom. The van der Waals surface area contributed by atoms with Gasteiger partial charge in [-0.1, -0.05) is 38.2 Å². The van der Waals surface area contributed by atoms with Gasteiger partial charge in [0, 0.05) is 11.8 Å². The van der Waals surface area contributed by atoms with Crippen molar-refractivity contribution in [2.24, 2.45) is 5.92 Å². The van der Waals surface area contributed by atoms with E-state index in [0.717, 1.165) is 12.8 Å². The maximum absolute atomic E-state index is 11.5. The van der Waals surface area contributed by atoms with Crippen LogP contribution >= 0.6 is 0 Å². The maximum atomic E-state index is 11.5. The predicted molar refractivity (Wildman–Crippen MR) is 63.6 cm³/mol. The fourth-order valence-corrected chi connectivity index (χ4v) is 2.05. The second-order valence-corrected chi connectivity index (χ2v) is 4.92. The van der Waals surface area contributed by atoms with E-state index in [4.69, 9.17) is 4.42 Å². The highest BCUT2D eigenvalue weighted by molar-refractivity contribution is 5.89. The van der Waals surface area contributed by atoms with Gasteiger partial charge < -0.3 is 4.42 Å². The normalized spacial score (nSPS) is 17.4. The second-order valence-electron chi connectivity index (χ2n) is 4.92. The molecule has 0 radical (unpaired) electrons. The van der Waals surface area contributed by atoms with Crippen molar-refractivity contribution in [3.8, 4) is 0 Å². The molecule has 5 nitrogen and oxygen atoms in total. The van der Waals surface area contributed by atoms with Gasteiger partial charge in [-0.3, -0.25) is 10.1 Å². The Labute approximate surface area is 101 Å². The standard InChI is InChI=1S/C12H19N3O2/c1-8(2)10(16)13-12-15-14-11(17-12)9-6-4-3-5-7-9/h8-9H,3-7H2,1-2H3,(H,13,15,16). The first-order valence-electron chi connectivity index (χ1n) is 6.31. The Morgan fingerprint density at radius 2 is 2.00 bits per heavy atom. The lowest BCUT2D eigenvalue weighted by atomic mass is 9.89. The van der Waals surface area contributed by atoms with Gasteiger partial charge in [-0.15, -0.1) is 5.10 Å². The summed E-state index contributed by atoms with van der Waals surface area (Å²) in [5.41, 5.74) is 0. The molecule has 2 rings (SSSR count). The summed E-state index contributed by atoms with van der Waals surface area (Å²) in [6, 6.07) is 0.226. The molecule has 1 saturated carbocycles. The van der Waals surface area contributed by atoms with E-state index < -0.39 is 0 Å². The summed E-state index contributed by atoms with van der Waals surface area (Å²) >= 11 is 0. The molecule has 1 aliphatic rings. The Balaban J connectivity index is 1.97. The van der Waals surface area contributed by atoms with Crippen molar-refractivity contribution in [2.75, 3.05) is 5.32 Å².